The summed E-state index contributed by atoms with van der Waals surface area (Å²) in [7, 11) is 1.05. The third-order valence-electron chi connectivity index (χ3n) is 4.34. The lowest BCUT2D eigenvalue weighted by Gasteiger charge is -2.13. The first-order chi connectivity index (χ1) is 15.1. The molecular weight excluding hydrogens is 460 g/mol. The lowest BCUT2D eigenvalue weighted by atomic mass is 10.1. The van der Waals surface area contributed by atoms with Crippen LogP contribution in [-0.4, -0.2) is 27.0 Å². The molecule has 32 heavy (non-hydrogen) atoms. The van der Waals surface area contributed by atoms with Gasteiger partial charge in [-0.2, -0.15) is 31.3 Å². The lowest BCUT2D eigenvalue weighted by molar-refractivity contribution is -0.139. The molecule has 0 aliphatic heterocycles. The molecule has 0 spiro atoms. The Morgan fingerprint density at radius 2 is 1.75 bits per heavy atom. The number of pyridine rings is 1. The summed E-state index contributed by atoms with van der Waals surface area (Å²) in [5, 5.41) is 3.28. The summed E-state index contributed by atoms with van der Waals surface area (Å²) in [6.07, 6.45) is -7.24. The molecule has 0 radical (unpaired) electrons. The molecule has 1 N–H and O–H groups in total. The van der Waals surface area contributed by atoms with Crippen molar-refractivity contribution >= 4 is 33.9 Å². The van der Waals surface area contributed by atoms with Gasteiger partial charge in [0, 0.05) is 23.3 Å². The van der Waals surface area contributed by atoms with Gasteiger partial charge in [0.15, 0.2) is 0 Å². The molecule has 4 rings (SSSR count). The zero-order valence-electron chi connectivity index (χ0n) is 15.9. The maximum Gasteiger partial charge on any atom is 0.427 e. The summed E-state index contributed by atoms with van der Waals surface area (Å²) in [6.45, 7) is 0. The highest BCUT2D eigenvalue weighted by atomic mass is 32.1. The Morgan fingerprint density at radius 1 is 0.969 bits per heavy atom. The first-order valence-electron chi connectivity index (χ1n) is 8.73. The molecule has 4 aromatic rings. The van der Waals surface area contributed by atoms with E-state index in [1.807, 2.05) is 0 Å². The maximum atomic E-state index is 13.2. The van der Waals surface area contributed by atoms with Gasteiger partial charge in [-0.1, -0.05) is 12.1 Å². The number of ether oxygens (including phenoxy) is 1. The number of hydrogen-bond acceptors (Lipinski definition) is 7. The average molecular weight is 471 g/mol. The molecule has 0 unspecified atom stereocenters. The molecule has 13 heteroatoms. The Balaban J connectivity index is 1.71. The Kier molecular flexibility index (Phi) is 5.36. The van der Waals surface area contributed by atoms with Gasteiger partial charge in [-0.3, -0.25) is 4.98 Å². The number of thiazole rings is 1. The fourth-order valence-electron chi connectivity index (χ4n) is 2.95. The van der Waals surface area contributed by atoms with Crippen LogP contribution in [0.25, 0.3) is 22.2 Å². The first kappa shape index (κ1) is 21.7. The normalized spacial score (nSPS) is 12.2. The molecule has 0 saturated carbocycles. The number of anilines is 2. The van der Waals surface area contributed by atoms with Crippen molar-refractivity contribution in [1.29, 1.82) is 0 Å². The van der Waals surface area contributed by atoms with Gasteiger partial charge >= 0.3 is 12.4 Å². The highest BCUT2D eigenvalue weighted by Gasteiger charge is 2.37. The largest absolute Gasteiger partial charge is 0.480 e. The number of alkyl halides is 6. The van der Waals surface area contributed by atoms with E-state index in [4.69, 9.17) is 4.74 Å². The minimum atomic E-state index is -4.69. The molecular formula is C19H11F6N5OS. The Labute approximate surface area is 179 Å². The van der Waals surface area contributed by atoms with E-state index in [-0.39, 0.29) is 17.2 Å². The van der Waals surface area contributed by atoms with Gasteiger partial charge in [-0.15, -0.1) is 11.3 Å². The molecule has 0 atom stereocenters. The van der Waals surface area contributed by atoms with Gasteiger partial charge in [-0.05, 0) is 12.1 Å². The summed E-state index contributed by atoms with van der Waals surface area (Å²) in [5.74, 6) is -0.816. The van der Waals surface area contributed by atoms with Crippen molar-refractivity contribution in [2.45, 2.75) is 12.4 Å². The lowest BCUT2D eigenvalue weighted by Crippen LogP contribution is -2.11. The van der Waals surface area contributed by atoms with Crippen molar-refractivity contribution in [3.8, 4) is 17.1 Å². The molecule has 0 fully saturated rings. The van der Waals surface area contributed by atoms with Gasteiger partial charge in [-0.25, -0.2) is 9.97 Å². The Hall–Kier alpha value is -3.48. The predicted molar refractivity (Wildman–Crippen MR) is 105 cm³/mol. The van der Waals surface area contributed by atoms with Crippen molar-refractivity contribution in [1.82, 2.24) is 19.9 Å². The van der Waals surface area contributed by atoms with Crippen molar-refractivity contribution in [3.05, 3.63) is 52.6 Å². The van der Waals surface area contributed by atoms with E-state index in [9.17, 15) is 26.3 Å². The van der Waals surface area contributed by atoms with Crippen LogP contribution in [0, 0.1) is 0 Å². The average Bonchev–Trinajstić information content (AvgIpc) is 3.23. The van der Waals surface area contributed by atoms with E-state index in [2.05, 4.69) is 25.3 Å². The number of rotatable bonds is 4. The zero-order chi connectivity index (χ0) is 23.1. The number of methoxy groups -OCH3 is 1. The van der Waals surface area contributed by atoms with Gasteiger partial charge < -0.3 is 10.1 Å². The Bertz CT molecular complexity index is 1290. The third kappa shape index (κ3) is 4.15. The minimum absolute atomic E-state index is 0.162. The van der Waals surface area contributed by atoms with Crippen LogP contribution in [0.3, 0.4) is 0 Å². The predicted octanol–water partition coefficient (Wildman–Crippen LogP) is 5.94. The number of nitrogens with one attached hydrogen (secondary N) is 1. The van der Waals surface area contributed by atoms with Crippen LogP contribution in [0.2, 0.25) is 0 Å². The highest BCUT2D eigenvalue weighted by Crippen LogP contribution is 2.40. The number of nitrogens with zero attached hydrogens (tertiary/aromatic N) is 4. The fourth-order valence-corrected chi connectivity index (χ4v) is 3.63. The molecule has 1 aromatic carbocycles. The summed E-state index contributed by atoms with van der Waals surface area (Å²) in [5.41, 5.74) is 0.732. The fraction of sp³-hybridized carbons (Fsp3) is 0.158. The minimum Gasteiger partial charge on any atom is -0.480 e. The van der Waals surface area contributed by atoms with E-state index < -0.39 is 28.7 Å². The SMILES string of the molecule is COc1nc(Nc2ccnc3cc(-c4ncsc4C(F)(F)F)ccc23)ncc1C(F)(F)F. The van der Waals surface area contributed by atoms with Crippen molar-refractivity contribution in [2.24, 2.45) is 0 Å². The molecule has 3 heterocycles. The summed E-state index contributed by atoms with van der Waals surface area (Å²) < 4.78 is 83.3. The van der Waals surface area contributed by atoms with E-state index in [0.29, 0.717) is 34.1 Å². The van der Waals surface area contributed by atoms with Crippen LogP contribution in [0.1, 0.15) is 10.4 Å². The standard InChI is InChI=1S/C19H11F6N5OS/c1-31-16-11(18(20,21)22)7-27-17(30-16)29-12-4-5-26-13-6-9(2-3-10(12)13)14-15(19(23,24)25)32-8-28-14/h2-8H,1H3,(H,26,27,29,30). The van der Waals surface area contributed by atoms with Crippen LogP contribution < -0.4 is 10.1 Å². The van der Waals surface area contributed by atoms with Gasteiger partial charge in [0.2, 0.25) is 11.8 Å². The smallest absolute Gasteiger partial charge is 0.427 e. The summed E-state index contributed by atoms with van der Waals surface area (Å²) in [4.78, 5) is 14.6. The van der Waals surface area contributed by atoms with Crippen LogP contribution in [0.4, 0.5) is 38.0 Å². The van der Waals surface area contributed by atoms with Crippen LogP contribution in [-0.2, 0) is 12.4 Å². The van der Waals surface area contributed by atoms with Crippen molar-refractivity contribution in [2.75, 3.05) is 12.4 Å². The van der Waals surface area contributed by atoms with Gasteiger partial charge in [0.1, 0.15) is 10.4 Å². The molecule has 166 valence electrons. The molecule has 0 saturated heterocycles. The second kappa shape index (κ2) is 7.89. The highest BCUT2D eigenvalue weighted by molar-refractivity contribution is 7.10. The van der Waals surface area contributed by atoms with E-state index in [0.717, 1.165) is 12.6 Å². The van der Waals surface area contributed by atoms with Crippen LogP contribution in [0.5, 0.6) is 5.88 Å². The first-order valence-corrected chi connectivity index (χ1v) is 9.61. The number of hydrogen-bond donors (Lipinski definition) is 1. The van der Waals surface area contributed by atoms with E-state index >= 15 is 0 Å². The summed E-state index contributed by atoms with van der Waals surface area (Å²) in [6, 6.07) is 5.95. The number of aromatic nitrogens is 4. The number of benzene rings is 1. The maximum absolute atomic E-state index is 13.2. The third-order valence-corrected chi connectivity index (χ3v) is 5.21. The molecule has 3 aromatic heterocycles. The van der Waals surface area contributed by atoms with Crippen molar-refractivity contribution in [3.63, 3.8) is 0 Å². The number of halogens is 6. The molecule has 0 amide bonds. The second-order valence-corrected chi connectivity index (χ2v) is 7.21. The van der Waals surface area contributed by atoms with E-state index in [1.54, 1.807) is 0 Å². The number of fused-ring (bicyclic) bond motifs is 1. The quantitative estimate of drug-likeness (QED) is 0.372. The van der Waals surface area contributed by atoms with Crippen molar-refractivity contribution < 1.29 is 31.1 Å². The van der Waals surface area contributed by atoms with Crippen LogP contribution >= 0.6 is 11.3 Å². The monoisotopic (exact) mass is 471 g/mol. The zero-order valence-corrected chi connectivity index (χ0v) is 16.7. The second-order valence-electron chi connectivity index (χ2n) is 6.36. The Morgan fingerprint density at radius 3 is 2.44 bits per heavy atom. The van der Waals surface area contributed by atoms with Gasteiger partial charge in [0.05, 0.1) is 29.5 Å². The van der Waals surface area contributed by atoms with E-state index in [1.165, 1.54) is 30.5 Å². The van der Waals surface area contributed by atoms with Crippen LogP contribution in [0.15, 0.2) is 42.2 Å². The molecule has 0 aliphatic rings. The topological polar surface area (TPSA) is 72.8 Å². The molecule has 0 aliphatic carbocycles. The molecule has 0 bridgehead atoms. The summed E-state index contributed by atoms with van der Waals surface area (Å²) >= 11 is 0.491. The van der Waals surface area contributed by atoms with Gasteiger partial charge in [0.25, 0.3) is 0 Å². The molecule has 6 nitrogen and oxygen atoms in total.